The number of nitrogen functional groups attached to an aromatic ring is 1. The summed E-state index contributed by atoms with van der Waals surface area (Å²) in [6.45, 7) is 1.81. The molecule has 0 spiro atoms. The van der Waals surface area contributed by atoms with Crippen LogP contribution in [0.25, 0.3) is 11.1 Å². The summed E-state index contributed by atoms with van der Waals surface area (Å²) in [7, 11) is -4.43. The van der Waals surface area contributed by atoms with E-state index in [4.69, 9.17) is 48.4 Å². The molecule has 1 aromatic heterocycles. The third-order valence-corrected chi connectivity index (χ3v) is 14.2. The smallest absolute Gasteiger partial charge is 0.326 e. The van der Waals surface area contributed by atoms with Crippen LogP contribution in [-0.4, -0.2) is 53.4 Å². The minimum Gasteiger partial charge on any atom is -0.489 e. The van der Waals surface area contributed by atoms with Gasteiger partial charge in [0.05, 0.1) is 21.7 Å². The Labute approximate surface area is 371 Å². The number of aliphatic carboxylic acids is 1. The number of nitrogens with two attached hydrogens (primary N) is 1. The molecule has 5 aromatic carbocycles. The van der Waals surface area contributed by atoms with Crippen LogP contribution >= 0.6 is 34.5 Å². The van der Waals surface area contributed by atoms with Gasteiger partial charge >= 0.3 is 5.97 Å². The van der Waals surface area contributed by atoms with E-state index in [9.17, 15) is 23.1 Å². The van der Waals surface area contributed by atoms with Crippen molar-refractivity contribution in [1.82, 2.24) is 14.6 Å². The number of carboxylic acid groups (broad SMARTS) is 1. The van der Waals surface area contributed by atoms with Gasteiger partial charge < -0.3 is 30.4 Å². The molecule has 2 aliphatic heterocycles. The molecule has 0 radical (unpaired) electrons. The number of aryl methyl sites for hydroxylation is 1. The number of hydrogen-bond donors (Lipinski definition) is 3. The molecule has 3 atom stereocenters. The van der Waals surface area contributed by atoms with Gasteiger partial charge in [-0.15, -0.1) is 11.3 Å². The Morgan fingerprint density at radius 1 is 0.968 bits per heavy atom. The lowest BCUT2D eigenvalue weighted by molar-refractivity contribution is -0.142. The maximum Gasteiger partial charge on any atom is 0.326 e. The summed E-state index contributed by atoms with van der Waals surface area (Å²) >= 11 is 13.2. The number of ether oxygens (including phenoxy) is 3. The second-order valence-electron chi connectivity index (χ2n) is 14.8. The number of carboxylic acids is 1. The minimum atomic E-state index is -4.43. The normalized spacial score (nSPS) is 16.4. The molecule has 0 saturated heterocycles. The van der Waals surface area contributed by atoms with Crippen molar-refractivity contribution in [1.29, 1.82) is 5.26 Å². The number of nitrogens with one attached hydrogen (secondary N) is 1. The maximum atomic E-state index is 14.4. The number of fused-ring (bicyclic) bond motifs is 2. The van der Waals surface area contributed by atoms with E-state index in [0.29, 0.717) is 61.0 Å². The predicted octanol–water partition coefficient (Wildman–Crippen LogP) is 7.90. The standard InChI is InChI=1S/C45H37Cl2N5O8S2/c1-25-43(51-45(49)61-25)62(56,57)52-22-33-20-40-39(59-24-41(60-40)31-11-13-34(14-12-31)58-23-28-6-15-35(46)36(47)16-28)19-32(33)18-38(52)42(53)50-37(44(54)55)17-26-2-7-29(8-3-26)30-9-4-27(21-48)5-10-30/h2-16,19-20,37-38,41H,17-18,22-24H2,1H3,(H2,49,51)(H,50,53)(H,54,55)/t37-,38-,41?/m0/s1. The summed E-state index contributed by atoms with van der Waals surface area (Å²) in [5.41, 5.74) is 11.7. The zero-order valence-corrected chi connectivity index (χ0v) is 36.0. The van der Waals surface area contributed by atoms with Gasteiger partial charge in [0.2, 0.25) is 5.91 Å². The topological polar surface area (TPSA) is 194 Å². The van der Waals surface area contributed by atoms with E-state index < -0.39 is 40.1 Å². The highest BCUT2D eigenvalue weighted by atomic mass is 35.5. The van der Waals surface area contributed by atoms with Crippen molar-refractivity contribution in [2.75, 3.05) is 12.3 Å². The van der Waals surface area contributed by atoms with Gasteiger partial charge in [0.1, 0.15) is 31.0 Å². The summed E-state index contributed by atoms with van der Waals surface area (Å²) in [6.07, 6.45) is -0.651. The predicted molar refractivity (Wildman–Crippen MR) is 234 cm³/mol. The quantitative estimate of drug-likeness (QED) is 0.108. The molecule has 1 unspecified atom stereocenters. The van der Waals surface area contributed by atoms with Crippen molar-refractivity contribution in [2.45, 2.75) is 56.1 Å². The average molecular weight is 911 g/mol. The molecular weight excluding hydrogens is 874 g/mol. The van der Waals surface area contributed by atoms with Crippen LogP contribution in [0.5, 0.6) is 17.2 Å². The molecule has 1 amide bonds. The van der Waals surface area contributed by atoms with Crippen LogP contribution in [0.3, 0.4) is 0 Å². The van der Waals surface area contributed by atoms with Crippen LogP contribution in [0.2, 0.25) is 10.0 Å². The summed E-state index contributed by atoms with van der Waals surface area (Å²) in [4.78, 5) is 31.2. The molecule has 0 bridgehead atoms. The first-order chi connectivity index (χ1) is 29.7. The van der Waals surface area contributed by atoms with Crippen molar-refractivity contribution in [3.63, 3.8) is 0 Å². The zero-order valence-electron chi connectivity index (χ0n) is 32.9. The van der Waals surface area contributed by atoms with Gasteiger partial charge in [0.15, 0.2) is 27.8 Å². The largest absolute Gasteiger partial charge is 0.489 e. The lowest BCUT2D eigenvalue weighted by atomic mass is 9.94. The first kappa shape index (κ1) is 42.5. The van der Waals surface area contributed by atoms with Crippen molar-refractivity contribution >= 4 is 61.6 Å². The summed E-state index contributed by atoms with van der Waals surface area (Å²) in [5.74, 6) is -0.630. The lowest BCUT2D eigenvalue weighted by Crippen LogP contribution is -2.55. The molecule has 3 heterocycles. The molecular formula is C45H37Cl2N5O8S2. The van der Waals surface area contributed by atoms with Crippen molar-refractivity contribution in [3.8, 4) is 34.4 Å². The van der Waals surface area contributed by atoms with Gasteiger partial charge in [-0.3, -0.25) is 4.79 Å². The molecule has 8 rings (SSSR count). The number of hydrogen-bond acceptors (Lipinski definition) is 11. The highest BCUT2D eigenvalue weighted by molar-refractivity contribution is 7.89. The molecule has 0 aliphatic carbocycles. The number of benzene rings is 5. The molecule has 0 saturated carbocycles. The van der Waals surface area contributed by atoms with Crippen LogP contribution in [0.15, 0.2) is 108 Å². The fourth-order valence-corrected chi connectivity index (χ4v) is 10.4. The Kier molecular flexibility index (Phi) is 12.1. The van der Waals surface area contributed by atoms with Crippen LogP contribution in [0.4, 0.5) is 5.13 Å². The molecule has 17 heteroatoms. The number of carbonyl (C=O) groups excluding carboxylic acids is 1. The zero-order chi connectivity index (χ0) is 43.7. The second-order valence-corrected chi connectivity index (χ2v) is 18.6. The number of amides is 1. The number of nitriles is 1. The van der Waals surface area contributed by atoms with E-state index in [-0.39, 0.29) is 36.2 Å². The SMILES string of the molecule is Cc1sc(N)nc1S(=O)(=O)N1Cc2cc3c(cc2C[C@H]1C(=O)N[C@@H](Cc1ccc(-c2ccc(C#N)cc2)cc1)C(=O)O)OCC(c1ccc(OCc2ccc(Cl)c(Cl)c2)cc1)O3. The van der Waals surface area contributed by atoms with E-state index in [2.05, 4.69) is 16.4 Å². The summed E-state index contributed by atoms with van der Waals surface area (Å²) in [6, 6.07) is 29.8. The molecule has 316 valence electrons. The number of anilines is 1. The Bertz CT molecular complexity index is 2830. The number of aromatic nitrogens is 1. The Hall–Kier alpha value is -6.15. The van der Waals surface area contributed by atoms with Crippen molar-refractivity contribution in [3.05, 3.63) is 151 Å². The molecule has 4 N–H and O–H groups in total. The van der Waals surface area contributed by atoms with E-state index in [1.807, 2.05) is 54.6 Å². The van der Waals surface area contributed by atoms with Gasteiger partial charge in [-0.2, -0.15) is 9.57 Å². The van der Waals surface area contributed by atoms with E-state index >= 15 is 0 Å². The van der Waals surface area contributed by atoms with Crippen molar-refractivity contribution < 1.29 is 37.3 Å². The number of sulfonamides is 1. The molecule has 2 aliphatic rings. The molecule has 6 aromatic rings. The lowest BCUT2D eigenvalue weighted by Gasteiger charge is -2.36. The number of nitrogens with zero attached hydrogens (tertiary/aromatic N) is 3. The Balaban J connectivity index is 1.01. The fraction of sp³-hybridized carbons (Fsp3) is 0.200. The summed E-state index contributed by atoms with van der Waals surface area (Å²) < 4.78 is 48.3. The van der Waals surface area contributed by atoms with E-state index in [0.717, 1.165) is 37.9 Å². The van der Waals surface area contributed by atoms with Gasteiger partial charge in [-0.1, -0.05) is 77.8 Å². The molecule has 13 nitrogen and oxygen atoms in total. The number of halogens is 2. The number of carbonyl (C=O) groups is 2. The average Bonchev–Trinajstić information content (AvgIpc) is 3.63. The van der Waals surface area contributed by atoms with Gasteiger partial charge in [0, 0.05) is 17.8 Å². The van der Waals surface area contributed by atoms with Gasteiger partial charge in [-0.25, -0.2) is 18.2 Å². The Morgan fingerprint density at radius 2 is 1.65 bits per heavy atom. The highest BCUT2D eigenvalue weighted by Gasteiger charge is 2.43. The van der Waals surface area contributed by atoms with Gasteiger partial charge in [0.25, 0.3) is 10.0 Å². The first-order valence-electron chi connectivity index (χ1n) is 19.2. The fourth-order valence-electron chi connectivity index (χ4n) is 7.37. The Morgan fingerprint density at radius 3 is 2.29 bits per heavy atom. The van der Waals surface area contributed by atoms with Crippen molar-refractivity contribution in [2.24, 2.45) is 0 Å². The molecule has 62 heavy (non-hydrogen) atoms. The minimum absolute atomic E-state index is 0.0485. The van der Waals surface area contributed by atoms with E-state index in [1.165, 1.54) is 0 Å². The third kappa shape index (κ3) is 9.06. The number of rotatable bonds is 12. The monoisotopic (exact) mass is 909 g/mol. The molecule has 0 fully saturated rings. The van der Waals surface area contributed by atoms with Crippen LogP contribution < -0.4 is 25.3 Å². The summed E-state index contributed by atoms with van der Waals surface area (Å²) in [5, 5.41) is 22.7. The van der Waals surface area contributed by atoms with Gasteiger partial charge in [-0.05, 0) is 101 Å². The highest BCUT2D eigenvalue weighted by Crippen LogP contribution is 2.42. The van der Waals surface area contributed by atoms with Crippen LogP contribution in [0.1, 0.15) is 44.4 Å². The second kappa shape index (κ2) is 17.7. The van der Waals surface area contributed by atoms with Crippen LogP contribution in [-0.2, 0) is 45.6 Å². The number of thiazole rings is 1. The van der Waals surface area contributed by atoms with Crippen LogP contribution in [0, 0.1) is 18.3 Å². The van der Waals surface area contributed by atoms with E-state index in [1.54, 1.807) is 55.5 Å². The first-order valence-corrected chi connectivity index (χ1v) is 22.3. The maximum absolute atomic E-state index is 14.4. The third-order valence-electron chi connectivity index (χ3n) is 10.6.